The summed E-state index contributed by atoms with van der Waals surface area (Å²) in [7, 11) is 0. The zero-order valence-electron chi connectivity index (χ0n) is 17.5. The van der Waals surface area contributed by atoms with Crippen LogP contribution in [0.4, 0.5) is 0 Å². The molecular formula is C22H25ClN4O5. The highest BCUT2D eigenvalue weighted by atomic mass is 35.5. The van der Waals surface area contributed by atoms with Crippen molar-refractivity contribution in [3.05, 3.63) is 34.2 Å². The lowest BCUT2D eigenvalue weighted by Gasteiger charge is -2.34. The van der Waals surface area contributed by atoms with Crippen molar-refractivity contribution in [2.45, 2.75) is 55.7 Å². The fourth-order valence-corrected chi connectivity index (χ4v) is 5.89. The molecule has 3 heterocycles. The van der Waals surface area contributed by atoms with E-state index in [-0.39, 0.29) is 36.3 Å². The van der Waals surface area contributed by atoms with Crippen LogP contribution in [0.25, 0.3) is 11.0 Å². The normalized spacial score (nSPS) is 27.1. The monoisotopic (exact) mass is 460 g/mol. The van der Waals surface area contributed by atoms with E-state index in [9.17, 15) is 19.2 Å². The summed E-state index contributed by atoms with van der Waals surface area (Å²) in [4.78, 5) is 55.4. The number of aromatic nitrogens is 2. The number of amides is 2. The average Bonchev–Trinajstić information content (AvgIpc) is 3.42. The minimum absolute atomic E-state index is 0.0472. The van der Waals surface area contributed by atoms with Gasteiger partial charge in [-0.25, -0.2) is 4.79 Å². The van der Waals surface area contributed by atoms with E-state index in [1.54, 1.807) is 12.1 Å². The molecule has 0 unspecified atom stereocenters. The SMILES string of the molecule is NC(=O)c1ccc2c(c1)[nH]c(=O)n2[C@H](C(=O)N1C[C@H](Cl)[C@H]2OCC(=O)[C@H]21)C1CCCCC1. The number of benzene rings is 1. The van der Waals surface area contributed by atoms with Crippen LogP contribution in [-0.4, -0.2) is 62.7 Å². The van der Waals surface area contributed by atoms with Gasteiger partial charge in [-0.3, -0.25) is 19.0 Å². The average molecular weight is 461 g/mol. The zero-order valence-corrected chi connectivity index (χ0v) is 18.2. The van der Waals surface area contributed by atoms with Crippen LogP contribution in [0.15, 0.2) is 23.0 Å². The van der Waals surface area contributed by atoms with Gasteiger partial charge >= 0.3 is 5.69 Å². The van der Waals surface area contributed by atoms with E-state index >= 15 is 0 Å². The third-order valence-electron chi connectivity index (χ3n) is 7.03. The van der Waals surface area contributed by atoms with Crippen molar-refractivity contribution in [3.8, 4) is 0 Å². The van der Waals surface area contributed by atoms with E-state index in [0.717, 1.165) is 32.1 Å². The maximum Gasteiger partial charge on any atom is 0.327 e. The molecule has 0 radical (unpaired) electrons. The molecule has 0 bridgehead atoms. The number of imidazole rings is 1. The second-order valence-corrected chi connectivity index (χ2v) is 9.49. The van der Waals surface area contributed by atoms with E-state index in [4.69, 9.17) is 22.1 Å². The van der Waals surface area contributed by atoms with Gasteiger partial charge in [-0.05, 0) is 37.0 Å². The highest BCUT2D eigenvalue weighted by molar-refractivity contribution is 6.22. The van der Waals surface area contributed by atoms with Crippen LogP contribution in [-0.2, 0) is 14.3 Å². The summed E-state index contributed by atoms with van der Waals surface area (Å²) < 4.78 is 7.01. The van der Waals surface area contributed by atoms with Crippen LogP contribution in [0.3, 0.4) is 0 Å². The lowest BCUT2D eigenvalue weighted by molar-refractivity contribution is -0.141. The van der Waals surface area contributed by atoms with Gasteiger partial charge in [-0.1, -0.05) is 19.3 Å². The van der Waals surface area contributed by atoms with Crippen LogP contribution >= 0.6 is 11.6 Å². The van der Waals surface area contributed by atoms with E-state index in [1.807, 2.05) is 0 Å². The number of H-pyrrole nitrogens is 1. The van der Waals surface area contributed by atoms with Gasteiger partial charge in [0.2, 0.25) is 11.8 Å². The largest absolute Gasteiger partial charge is 0.366 e. The maximum absolute atomic E-state index is 14.0. The Morgan fingerprint density at radius 3 is 2.66 bits per heavy atom. The number of nitrogens with one attached hydrogen (secondary N) is 1. The topological polar surface area (TPSA) is 127 Å². The number of alkyl halides is 1. The molecule has 3 fully saturated rings. The lowest BCUT2D eigenvalue weighted by atomic mass is 9.83. The first kappa shape index (κ1) is 21.2. The number of nitrogens with zero attached hydrogens (tertiary/aromatic N) is 2. The van der Waals surface area contributed by atoms with Crippen LogP contribution < -0.4 is 11.4 Å². The molecule has 9 nitrogen and oxygen atoms in total. The molecule has 1 aromatic carbocycles. The number of hydrogen-bond acceptors (Lipinski definition) is 5. The third kappa shape index (κ3) is 3.34. The molecule has 32 heavy (non-hydrogen) atoms. The first-order valence-electron chi connectivity index (χ1n) is 11.0. The van der Waals surface area contributed by atoms with Crippen LogP contribution in [0.5, 0.6) is 0 Å². The smallest absolute Gasteiger partial charge is 0.327 e. The molecule has 170 valence electrons. The number of ether oxygens (including phenoxy) is 1. The number of hydrogen-bond donors (Lipinski definition) is 2. The Kier molecular flexibility index (Phi) is 5.33. The Balaban J connectivity index is 1.60. The Hall–Kier alpha value is -2.65. The summed E-state index contributed by atoms with van der Waals surface area (Å²) in [6.45, 7) is 0.146. The van der Waals surface area contributed by atoms with Gasteiger partial charge in [-0.15, -0.1) is 11.6 Å². The van der Waals surface area contributed by atoms with E-state index < -0.39 is 35.2 Å². The summed E-state index contributed by atoms with van der Waals surface area (Å²) in [5.74, 6) is -1.09. The number of aromatic amines is 1. The van der Waals surface area contributed by atoms with Crippen molar-refractivity contribution in [1.82, 2.24) is 14.5 Å². The Bertz CT molecular complexity index is 1150. The number of halogens is 1. The number of nitrogens with two attached hydrogens (primary N) is 1. The van der Waals surface area contributed by atoms with Gasteiger partial charge < -0.3 is 20.4 Å². The summed E-state index contributed by atoms with van der Waals surface area (Å²) >= 11 is 6.42. The molecule has 1 aromatic heterocycles. The molecule has 2 amide bonds. The number of likely N-dealkylation sites (tertiary alicyclic amines) is 1. The Morgan fingerprint density at radius 2 is 1.94 bits per heavy atom. The van der Waals surface area contributed by atoms with Crippen LogP contribution in [0.1, 0.15) is 48.5 Å². The Morgan fingerprint density at radius 1 is 1.19 bits per heavy atom. The van der Waals surface area contributed by atoms with Crippen molar-refractivity contribution >= 4 is 40.2 Å². The lowest BCUT2D eigenvalue weighted by Crippen LogP contribution is -2.48. The van der Waals surface area contributed by atoms with Gasteiger partial charge in [0.05, 0.1) is 16.4 Å². The number of rotatable bonds is 4. The molecule has 1 saturated carbocycles. The molecule has 3 N–H and O–H groups in total. The first-order chi connectivity index (χ1) is 15.4. The fourth-order valence-electron chi connectivity index (χ4n) is 5.53. The maximum atomic E-state index is 14.0. The summed E-state index contributed by atoms with van der Waals surface area (Å²) in [6, 6.07) is 3.22. The molecule has 4 atom stereocenters. The third-order valence-corrected chi connectivity index (χ3v) is 7.42. The highest BCUT2D eigenvalue weighted by Gasteiger charge is 2.53. The van der Waals surface area contributed by atoms with Crippen LogP contribution in [0, 0.1) is 5.92 Å². The highest BCUT2D eigenvalue weighted by Crippen LogP contribution is 2.38. The van der Waals surface area contributed by atoms with Crippen molar-refractivity contribution in [2.75, 3.05) is 13.2 Å². The molecular weight excluding hydrogens is 436 g/mol. The number of ketones is 1. The second kappa shape index (κ2) is 8.04. The quantitative estimate of drug-likeness (QED) is 0.665. The van der Waals surface area contributed by atoms with Gasteiger partial charge in [0.1, 0.15) is 24.8 Å². The van der Waals surface area contributed by atoms with Gasteiger partial charge in [0.15, 0.2) is 5.78 Å². The first-order valence-corrected chi connectivity index (χ1v) is 11.4. The van der Waals surface area contributed by atoms with Gasteiger partial charge in [0, 0.05) is 12.1 Å². The number of carbonyl (C=O) groups excluding carboxylic acids is 3. The molecule has 10 heteroatoms. The van der Waals surface area contributed by atoms with Gasteiger partial charge in [-0.2, -0.15) is 0 Å². The zero-order chi connectivity index (χ0) is 22.6. The summed E-state index contributed by atoms with van der Waals surface area (Å²) in [6.07, 6.45) is 4.15. The minimum Gasteiger partial charge on any atom is -0.366 e. The van der Waals surface area contributed by atoms with Crippen LogP contribution in [0.2, 0.25) is 0 Å². The van der Waals surface area contributed by atoms with E-state index in [0.29, 0.717) is 11.0 Å². The number of Topliss-reactive ketones (excluding diaryl/α,β-unsaturated/α-hetero) is 1. The molecule has 3 aliphatic rings. The standard InChI is InChI=1S/C22H25ClN4O5/c23-13-9-26(18-16(28)10-32-19(13)18)21(30)17(11-4-2-1-3-5-11)27-15-7-6-12(20(24)29)8-14(15)25-22(27)31/h6-8,11,13,17-19H,1-5,9-10H2,(H2,24,29)(H,25,31)/t13-,17-,18+,19+/m0/s1. The van der Waals surface area contributed by atoms with Crippen molar-refractivity contribution in [1.29, 1.82) is 0 Å². The molecule has 2 saturated heterocycles. The van der Waals surface area contributed by atoms with E-state index in [2.05, 4.69) is 4.98 Å². The molecule has 2 aromatic rings. The Labute approximate surface area is 188 Å². The molecule has 2 aliphatic heterocycles. The van der Waals surface area contributed by atoms with Crippen molar-refractivity contribution in [3.63, 3.8) is 0 Å². The molecule has 0 spiro atoms. The van der Waals surface area contributed by atoms with E-state index in [1.165, 1.54) is 15.5 Å². The predicted molar refractivity (Wildman–Crippen MR) is 117 cm³/mol. The molecule has 1 aliphatic carbocycles. The fraction of sp³-hybridized carbons (Fsp3) is 0.545. The van der Waals surface area contributed by atoms with Gasteiger partial charge in [0.25, 0.3) is 0 Å². The summed E-state index contributed by atoms with van der Waals surface area (Å²) in [5.41, 5.74) is 6.18. The summed E-state index contributed by atoms with van der Waals surface area (Å²) in [5, 5.41) is -0.472. The number of fused-ring (bicyclic) bond motifs is 2. The van der Waals surface area contributed by atoms with Crippen molar-refractivity contribution in [2.24, 2.45) is 11.7 Å². The minimum atomic E-state index is -0.771. The second-order valence-electron chi connectivity index (χ2n) is 8.93. The molecule has 5 rings (SSSR count). The number of primary amides is 1. The number of carbonyl (C=O) groups is 3. The predicted octanol–water partition coefficient (Wildman–Crippen LogP) is 1.34. The van der Waals surface area contributed by atoms with Crippen molar-refractivity contribution < 1.29 is 19.1 Å².